The van der Waals surface area contributed by atoms with Crippen LogP contribution >= 0.6 is 0 Å². The molecule has 0 bridgehead atoms. The molecule has 1 rings (SSSR count). The van der Waals surface area contributed by atoms with Gasteiger partial charge >= 0.3 is 11.9 Å². The lowest BCUT2D eigenvalue weighted by Gasteiger charge is -2.27. The van der Waals surface area contributed by atoms with Gasteiger partial charge in [-0.15, -0.1) is 0 Å². The number of aliphatic imine (C=N–C) groups is 1. The van der Waals surface area contributed by atoms with Crippen molar-refractivity contribution in [2.45, 2.75) is 109 Å². The fourth-order valence-corrected chi connectivity index (χ4v) is 5.17. The minimum absolute atomic E-state index is 0.0458. The molecule has 0 fully saturated rings. The highest BCUT2D eigenvalue weighted by Gasteiger charge is 2.33. The van der Waals surface area contributed by atoms with E-state index in [4.69, 9.17) is 17.2 Å². The third-order valence-electron chi connectivity index (χ3n) is 8.56. The molecule has 0 aromatic heterocycles. The standard InChI is InChI=1S/C36H57N11O12/c1-17(2)28(34(57)46-25(35(58)59)15-21-8-10-22(48)11-9-21)47-33(56)24(12-13-27(50)51)45-31(54)20(5)43-32(55)23(7-6-14-40-36(38)39)44-30(53)19(4)42-29(52)18(3)41-26(49)16-37/h8-11,17-20,23-25,28,48H,6-7,12-16,37H2,1-5H3,(H,41,49)(H,42,52)(H,43,55)(H,44,53)(H,45,54)(H,46,57)(H,47,56)(H,50,51)(H,58,59)(H4,38,39,40)/t18-,19-,20-,23-,24-,25-,28-/m0/s1. The van der Waals surface area contributed by atoms with Crippen molar-refractivity contribution in [3.63, 3.8) is 0 Å². The number of guanidine groups is 1. The Kier molecular flexibility index (Phi) is 21.4. The van der Waals surface area contributed by atoms with E-state index in [0.29, 0.717) is 5.56 Å². The Hall–Kier alpha value is -6.52. The second-order valence-corrected chi connectivity index (χ2v) is 14.0. The molecule has 0 radical (unpaired) electrons. The summed E-state index contributed by atoms with van der Waals surface area (Å²) in [5, 5.41) is 45.5. The first-order valence-corrected chi connectivity index (χ1v) is 18.7. The Balaban J connectivity index is 3.13. The Morgan fingerprint density at radius 2 is 1.10 bits per heavy atom. The van der Waals surface area contributed by atoms with E-state index in [1.54, 1.807) is 13.8 Å². The molecule has 1 aromatic carbocycles. The molecule has 1 aromatic rings. The molecular formula is C36H57N11O12. The number of carboxylic acid groups (broad SMARTS) is 2. The van der Waals surface area contributed by atoms with Gasteiger partial charge in [0.1, 0.15) is 48.0 Å². The van der Waals surface area contributed by atoms with Gasteiger partial charge in [-0.2, -0.15) is 0 Å². The van der Waals surface area contributed by atoms with Gasteiger partial charge in [-0.25, -0.2) is 4.79 Å². The molecule has 0 aliphatic heterocycles. The zero-order valence-electron chi connectivity index (χ0n) is 33.6. The molecule has 0 aliphatic rings. The predicted octanol–water partition coefficient (Wildman–Crippen LogP) is -3.99. The zero-order valence-corrected chi connectivity index (χ0v) is 33.6. The van der Waals surface area contributed by atoms with Crippen molar-refractivity contribution in [3.8, 4) is 5.75 Å². The minimum Gasteiger partial charge on any atom is -0.508 e. The summed E-state index contributed by atoms with van der Waals surface area (Å²) in [7, 11) is 0. The molecule has 0 unspecified atom stereocenters. The van der Waals surface area contributed by atoms with Crippen molar-refractivity contribution in [3.05, 3.63) is 29.8 Å². The molecule has 0 saturated heterocycles. The Labute approximate surface area is 340 Å². The van der Waals surface area contributed by atoms with Gasteiger partial charge in [0.05, 0.1) is 6.54 Å². The summed E-state index contributed by atoms with van der Waals surface area (Å²) in [6.07, 6.45) is -1.08. The summed E-state index contributed by atoms with van der Waals surface area (Å²) in [6, 6.07) is -3.60. The van der Waals surface area contributed by atoms with Crippen LogP contribution in [0.5, 0.6) is 5.75 Å². The number of nitrogens with one attached hydrogen (secondary N) is 7. The number of carbonyl (C=O) groups excluding carboxylic acids is 7. The van der Waals surface area contributed by atoms with E-state index >= 15 is 0 Å². The van der Waals surface area contributed by atoms with Crippen LogP contribution in [0.1, 0.15) is 65.9 Å². The fraction of sp³-hybridized carbons (Fsp3) is 0.556. The summed E-state index contributed by atoms with van der Waals surface area (Å²) in [4.78, 5) is 118. The number of phenolic OH excluding ortho intramolecular Hbond substituents is 1. The predicted molar refractivity (Wildman–Crippen MR) is 211 cm³/mol. The van der Waals surface area contributed by atoms with Crippen molar-refractivity contribution >= 4 is 59.2 Å². The number of phenols is 1. The van der Waals surface area contributed by atoms with Gasteiger partial charge in [-0.1, -0.05) is 26.0 Å². The normalized spacial score (nSPS) is 14.4. The SMILES string of the molecule is CC(C)[C@H](NC(=O)[C@H](CCC(=O)O)NC(=O)[C@H](C)NC(=O)[C@H](CCCN=C(N)N)NC(=O)[C@H](C)NC(=O)[C@H](C)NC(=O)CN)C(=O)N[C@@H](Cc1ccc(O)cc1)C(=O)O. The second-order valence-electron chi connectivity index (χ2n) is 14.0. The van der Waals surface area contributed by atoms with Gasteiger partial charge in [-0.05, 0) is 63.6 Å². The van der Waals surface area contributed by atoms with Crippen molar-refractivity contribution in [1.29, 1.82) is 0 Å². The summed E-state index contributed by atoms with van der Waals surface area (Å²) in [5.41, 5.74) is 16.5. The monoisotopic (exact) mass is 835 g/mol. The van der Waals surface area contributed by atoms with Crippen LogP contribution in [0.3, 0.4) is 0 Å². The van der Waals surface area contributed by atoms with Crippen LogP contribution in [-0.2, 0) is 49.6 Å². The van der Waals surface area contributed by atoms with Crippen LogP contribution < -0.4 is 54.4 Å². The summed E-state index contributed by atoms with van der Waals surface area (Å²) < 4.78 is 0. The number of hydrogen-bond acceptors (Lipinski definition) is 12. The molecule has 7 atom stereocenters. The quantitative estimate of drug-likeness (QED) is 0.0254. The number of nitrogens with two attached hydrogens (primary N) is 3. The highest BCUT2D eigenvalue weighted by molar-refractivity contribution is 5.97. The van der Waals surface area contributed by atoms with Crippen LogP contribution in [0.25, 0.3) is 0 Å². The maximum atomic E-state index is 13.5. The third-order valence-corrected chi connectivity index (χ3v) is 8.56. The van der Waals surface area contributed by atoms with E-state index in [1.165, 1.54) is 45.0 Å². The molecule has 0 heterocycles. The number of hydrogen-bond donors (Lipinski definition) is 13. The van der Waals surface area contributed by atoms with Crippen molar-refractivity contribution in [1.82, 2.24) is 37.2 Å². The molecule has 59 heavy (non-hydrogen) atoms. The van der Waals surface area contributed by atoms with E-state index in [2.05, 4.69) is 42.2 Å². The smallest absolute Gasteiger partial charge is 0.326 e. The number of aromatic hydroxyl groups is 1. The highest BCUT2D eigenvalue weighted by atomic mass is 16.4. The molecule has 0 saturated carbocycles. The van der Waals surface area contributed by atoms with E-state index < -0.39 is 114 Å². The fourth-order valence-electron chi connectivity index (χ4n) is 5.17. The first kappa shape index (κ1) is 50.5. The summed E-state index contributed by atoms with van der Waals surface area (Å²) in [6.45, 7) is 6.77. The minimum atomic E-state index is -1.55. The Bertz CT molecular complexity index is 1690. The molecule has 0 spiro atoms. The average molecular weight is 836 g/mol. The van der Waals surface area contributed by atoms with Gasteiger partial charge in [0.15, 0.2) is 5.96 Å². The van der Waals surface area contributed by atoms with Crippen LogP contribution in [0.2, 0.25) is 0 Å². The second kappa shape index (κ2) is 25.0. The van der Waals surface area contributed by atoms with Gasteiger partial charge < -0.3 is 69.7 Å². The molecule has 7 amide bonds. The number of amides is 7. The molecule has 0 aliphatic carbocycles. The summed E-state index contributed by atoms with van der Waals surface area (Å²) in [5.74, 6) is -9.37. The summed E-state index contributed by atoms with van der Waals surface area (Å²) >= 11 is 0. The van der Waals surface area contributed by atoms with Crippen molar-refractivity contribution in [2.24, 2.45) is 28.1 Å². The van der Waals surface area contributed by atoms with Gasteiger partial charge in [-0.3, -0.25) is 43.3 Å². The number of carbonyl (C=O) groups is 9. The van der Waals surface area contributed by atoms with Gasteiger partial charge in [0.25, 0.3) is 0 Å². The van der Waals surface area contributed by atoms with Crippen LogP contribution in [-0.4, -0.2) is 130 Å². The van der Waals surface area contributed by atoms with Gasteiger partial charge in [0, 0.05) is 19.4 Å². The molecule has 16 N–H and O–H groups in total. The number of benzene rings is 1. The molecule has 23 nitrogen and oxygen atoms in total. The molecular weight excluding hydrogens is 778 g/mol. The lowest BCUT2D eigenvalue weighted by molar-refractivity contribution is -0.142. The van der Waals surface area contributed by atoms with E-state index in [9.17, 15) is 58.5 Å². The average Bonchev–Trinajstić information content (AvgIpc) is 3.15. The van der Waals surface area contributed by atoms with E-state index in [-0.39, 0.29) is 44.1 Å². The van der Waals surface area contributed by atoms with Crippen LogP contribution in [0, 0.1) is 5.92 Å². The maximum Gasteiger partial charge on any atom is 0.326 e. The third kappa shape index (κ3) is 19.0. The maximum absolute atomic E-state index is 13.5. The number of carboxylic acids is 2. The lowest BCUT2D eigenvalue weighted by Crippen LogP contribution is -2.60. The number of nitrogens with zero attached hydrogens (tertiary/aromatic N) is 1. The largest absolute Gasteiger partial charge is 0.508 e. The topological polar surface area (TPSA) is 389 Å². The number of rotatable bonds is 25. The van der Waals surface area contributed by atoms with Gasteiger partial charge in [0.2, 0.25) is 41.4 Å². The van der Waals surface area contributed by atoms with E-state index in [0.717, 1.165) is 0 Å². The number of aliphatic carboxylic acids is 2. The van der Waals surface area contributed by atoms with Crippen LogP contribution in [0.15, 0.2) is 29.3 Å². The van der Waals surface area contributed by atoms with Crippen molar-refractivity contribution in [2.75, 3.05) is 13.1 Å². The highest BCUT2D eigenvalue weighted by Crippen LogP contribution is 2.13. The van der Waals surface area contributed by atoms with Crippen molar-refractivity contribution < 1.29 is 58.5 Å². The lowest BCUT2D eigenvalue weighted by atomic mass is 10.00. The zero-order chi connectivity index (χ0) is 45.0. The Morgan fingerprint density at radius 3 is 1.59 bits per heavy atom. The molecule has 23 heteroatoms. The van der Waals surface area contributed by atoms with E-state index in [1.807, 2.05) is 0 Å². The van der Waals surface area contributed by atoms with Crippen LogP contribution in [0.4, 0.5) is 0 Å². The first-order valence-electron chi connectivity index (χ1n) is 18.7. The first-order chi connectivity index (χ1) is 27.5. The molecule has 328 valence electrons. The Morgan fingerprint density at radius 1 is 0.627 bits per heavy atom.